The third-order valence-electron chi connectivity index (χ3n) is 3.71. The van der Waals surface area contributed by atoms with Gasteiger partial charge in [0.2, 0.25) is 0 Å². The summed E-state index contributed by atoms with van der Waals surface area (Å²) in [5, 5.41) is 11.7. The molecule has 0 fully saturated rings. The van der Waals surface area contributed by atoms with E-state index in [1.54, 1.807) is 20.2 Å². The van der Waals surface area contributed by atoms with E-state index in [0.717, 1.165) is 21.9 Å². The number of carbonyl (C=O) groups excluding carboxylic acids is 1. The standard InChI is InChI=1S/C15H14N2O2/c1-8-9-5-4-6-10-13(9)11(7-12(8)18)15(19)17(3)14(10)16-2/h4-7,18H,1-3H3/b16-14-. The summed E-state index contributed by atoms with van der Waals surface area (Å²) in [5.74, 6) is 0.672. The van der Waals surface area contributed by atoms with Gasteiger partial charge in [-0.3, -0.25) is 14.7 Å². The molecule has 4 nitrogen and oxygen atoms in total. The SMILES string of the molecule is C/N=C1/c2cccc3c(C)c(O)cc(c23)C(=O)N1C. The Hall–Kier alpha value is -2.36. The molecule has 1 amide bonds. The number of carbonyl (C=O) groups is 1. The minimum atomic E-state index is -0.139. The molecule has 0 unspecified atom stereocenters. The Morgan fingerprint density at radius 1 is 1.26 bits per heavy atom. The predicted molar refractivity (Wildman–Crippen MR) is 74.9 cm³/mol. The van der Waals surface area contributed by atoms with Gasteiger partial charge in [0.25, 0.3) is 5.91 Å². The molecule has 19 heavy (non-hydrogen) atoms. The highest BCUT2D eigenvalue weighted by atomic mass is 16.3. The number of benzene rings is 2. The number of aliphatic imine (C=N–C) groups is 1. The van der Waals surface area contributed by atoms with E-state index in [1.807, 2.05) is 25.1 Å². The minimum absolute atomic E-state index is 0.139. The third-order valence-corrected chi connectivity index (χ3v) is 3.71. The molecular formula is C15H14N2O2. The number of nitrogens with zero attached hydrogens (tertiary/aromatic N) is 2. The molecule has 1 aliphatic rings. The largest absolute Gasteiger partial charge is 0.508 e. The number of amides is 1. The van der Waals surface area contributed by atoms with Gasteiger partial charge in [0, 0.05) is 25.0 Å². The Kier molecular flexibility index (Phi) is 2.35. The number of amidine groups is 1. The van der Waals surface area contributed by atoms with Crippen molar-refractivity contribution < 1.29 is 9.90 Å². The molecule has 3 rings (SSSR count). The molecule has 0 atom stereocenters. The van der Waals surface area contributed by atoms with Crippen molar-refractivity contribution in [2.75, 3.05) is 14.1 Å². The summed E-state index contributed by atoms with van der Waals surface area (Å²) >= 11 is 0. The van der Waals surface area contributed by atoms with Crippen LogP contribution in [0.5, 0.6) is 5.75 Å². The molecule has 4 heteroatoms. The molecule has 0 aromatic heterocycles. The van der Waals surface area contributed by atoms with Crippen molar-refractivity contribution in [1.29, 1.82) is 0 Å². The summed E-state index contributed by atoms with van der Waals surface area (Å²) in [6.07, 6.45) is 0. The molecule has 0 saturated carbocycles. The monoisotopic (exact) mass is 254 g/mol. The third kappa shape index (κ3) is 1.40. The van der Waals surface area contributed by atoms with Crippen LogP contribution in [0.1, 0.15) is 21.5 Å². The number of hydrogen-bond acceptors (Lipinski definition) is 3. The van der Waals surface area contributed by atoms with Crippen LogP contribution in [-0.2, 0) is 0 Å². The van der Waals surface area contributed by atoms with Gasteiger partial charge in [-0.2, -0.15) is 0 Å². The van der Waals surface area contributed by atoms with Crippen molar-refractivity contribution in [3.63, 3.8) is 0 Å². The van der Waals surface area contributed by atoms with E-state index in [2.05, 4.69) is 4.99 Å². The van der Waals surface area contributed by atoms with Crippen molar-refractivity contribution in [3.05, 3.63) is 41.0 Å². The number of phenolic OH excluding ortho intramolecular Hbond substituents is 1. The second-order valence-corrected chi connectivity index (χ2v) is 4.71. The number of phenols is 1. The summed E-state index contributed by atoms with van der Waals surface area (Å²) in [4.78, 5) is 18.1. The molecule has 1 N–H and O–H groups in total. The topological polar surface area (TPSA) is 52.9 Å². The van der Waals surface area contributed by atoms with Crippen molar-refractivity contribution in [3.8, 4) is 5.75 Å². The van der Waals surface area contributed by atoms with Crippen molar-refractivity contribution >= 4 is 22.5 Å². The maximum atomic E-state index is 12.4. The summed E-state index contributed by atoms with van der Waals surface area (Å²) in [6.45, 7) is 1.85. The number of aromatic hydroxyl groups is 1. The minimum Gasteiger partial charge on any atom is -0.508 e. The van der Waals surface area contributed by atoms with Crippen LogP contribution in [0.2, 0.25) is 0 Å². The van der Waals surface area contributed by atoms with Gasteiger partial charge >= 0.3 is 0 Å². The molecule has 0 saturated heterocycles. The predicted octanol–water partition coefficient (Wildman–Crippen LogP) is 2.32. The van der Waals surface area contributed by atoms with Gasteiger partial charge in [-0.25, -0.2) is 0 Å². The lowest BCUT2D eigenvalue weighted by Crippen LogP contribution is -2.37. The van der Waals surface area contributed by atoms with E-state index in [0.29, 0.717) is 11.4 Å². The highest BCUT2D eigenvalue weighted by Crippen LogP contribution is 2.35. The van der Waals surface area contributed by atoms with E-state index >= 15 is 0 Å². The van der Waals surface area contributed by atoms with E-state index in [1.165, 1.54) is 4.90 Å². The number of aryl methyl sites for hydroxylation is 1. The lowest BCUT2D eigenvalue weighted by Gasteiger charge is -2.27. The second kappa shape index (κ2) is 3.82. The molecule has 96 valence electrons. The normalized spacial score (nSPS) is 16.5. The maximum absolute atomic E-state index is 12.4. The smallest absolute Gasteiger partial charge is 0.259 e. The van der Waals surface area contributed by atoms with Crippen LogP contribution in [0.4, 0.5) is 0 Å². The van der Waals surface area contributed by atoms with E-state index in [4.69, 9.17) is 0 Å². The van der Waals surface area contributed by atoms with Crippen LogP contribution >= 0.6 is 0 Å². The molecule has 0 spiro atoms. The van der Waals surface area contributed by atoms with Gasteiger partial charge in [0.05, 0.1) is 5.56 Å². The average Bonchev–Trinajstić information content (AvgIpc) is 2.41. The first-order chi connectivity index (χ1) is 9.06. The van der Waals surface area contributed by atoms with Crippen LogP contribution in [-0.4, -0.2) is 35.8 Å². The first-order valence-electron chi connectivity index (χ1n) is 6.06. The summed E-state index contributed by atoms with van der Waals surface area (Å²) in [5.41, 5.74) is 2.25. The molecular weight excluding hydrogens is 240 g/mol. The first-order valence-corrected chi connectivity index (χ1v) is 6.06. The van der Waals surface area contributed by atoms with Crippen molar-refractivity contribution in [2.24, 2.45) is 4.99 Å². The van der Waals surface area contributed by atoms with E-state index < -0.39 is 0 Å². The van der Waals surface area contributed by atoms with Gasteiger partial charge < -0.3 is 5.11 Å². The molecule has 0 bridgehead atoms. The average molecular weight is 254 g/mol. The lowest BCUT2D eigenvalue weighted by atomic mass is 9.91. The Bertz CT molecular complexity index is 747. The van der Waals surface area contributed by atoms with E-state index in [9.17, 15) is 9.90 Å². The molecule has 1 heterocycles. The summed E-state index contributed by atoms with van der Waals surface area (Å²) in [7, 11) is 3.37. The van der Waals surface area contributed by atoms with Crippen LogP contribution in [0.25, 0.3) is 10.8 Å². The maximum Gasteiger partial charge on any atom is 0.259 e. The molecule has 2 aromatic rings. The zero-order chi connectivity index (χ0) is 13.7. The van der Waals surface area contributed by atoms with Crippen molar-refractivity contribution in [1.82, 2.24) is 4.90 Å². The fraction of sp³-hybridized carbons (Fsp3) is 0.200. The molecule has 2 aromatic carbocycles. The fourth-order valence-corrected chi connectivity index (χ4v) is 2.69. The fourth-order valence-electron chi connectivity index (χ4n) is 2.69. The van der Waals surface area contributed by atoms with Crippen molar-refractivity contribution in [2.45, 2.75) is 6.92 Å². The Balaban J connectivity index is 2.56. The molecule has 1 aliphatic heterocycles. The molecule has 0 radical (unpaired) electrons. The van der Waals surface area contributed by atoms with Gasteiger partial charge in [-0.15, -0.1) is 0 Å². The highest BCUT2D eigenvalue weighted by Gasteiger charge is 2.29. The van der Waals surface area contributed by atoms with E-state index in [-0.39, 0.29) is 11.7 Å². The van der Waals surface area contributed by atoms with Crippen LogP contribution in [0.3, 0.4) is 0 Å². The summed E-state index contributed by atoms with van der Waals surface area (Å²) in [6, 6.07) is 7.34. The summed E-state index contributed by atoms with van der Waals surface area (Å²) < 4.78 is 0. The Morgan fingerprint density at radius 3 is 2.68 bits per heavy atom. The Morgan fingerprint density at radius 2 is 2.00 bits per heavy atom. The van der Waals surface area contributed by atoms with Gasteiger partial charge in [0.1, 0.15) is 11.6 Å². The van der Waals surface area contributed by atoms with Crippen LogP contribution in [0, 0.1) is 6.92 Å². The van der Waals surface area contributed by atoms with Gasteiger partial charge in [-0.05, 0) is 23.9 Å². The lowest BCUT2D eigenvalue weighted by molar-refractivity contribution is 0.0870. The van der Waals surface area contributed by atoms with Gasteiger partial charge in [-0.1, -0.05) is 18.2 Å². The molecule has 0 aliphatic carbocycles. The number of hydrogen-bond donors (Lipinski definition) is 1. The zero-order valence-corrected chi connectivity index (χ0v) is 11.1. The van der Waals surface area contributed by atoms with Gasteiger partial charge in [0.15, 0.2) is 0 Å². The first kappa shape index (κ1) is 11.7. The van der Waals surface area contributed by atoms with Crippen LogP contribution in [0.15, 0.2) is 29.3 Å². The Labute approximate surface area is 111 Å². The zero-order valence-electron chi connectivity index (χ0n) is 11.1. The second-order valence-electron chi connectivity index (χ2n) is 4.71. The quantitative estimate of drug-likeness (QED) is 0.784. The van der Waals surface area contributed by atoms with Crippen LogP contribution < -0.4 is 0 Å². The number of rotatable bonds is 0. The highest BCUT2D eigenvalue weighted by molar-refractivity contribution is 6.27.